The standard InChI is InChI=1S/C8H13N3O2/c9-4-8(12)13-7-2-1-5(10)3-6(7)11/h1-3,8,12H,4,9-11H2. The Morgan fingerprint density at radius 1 is 1.38 bits per heavy atom. The molecule has 1 atom stereocenters. The fourth-order valence-corrected chi connectivity index (χ4v) is 0.869. The van der Waals surface area contributed by atoms with Crippen molar-refractivity contribution in [3.8, 4) is 5.75 Å². The number of aliphatic hydroxyl groups is 1. The molecule has 0 aliphatic carbocycles. The van der Waals surface area contributed by atoms with Gasteiger partial charge >= 0.3 is 0 Å². The summed E-state index contributed by atoms with van der Waals surface area (Å²) in [6.45, 7) is 0.0177. The number of aliphatic hydroxyl groups excluding tert-OH is 1. The van der Waals surface area contributed by atoms with Crippen LogP contribution in [-0.2, 0) is 0 Å². The van der Waals surface area contributed by atoms with Crippen LogP contribution in [0.15, 0.2) is 18.2 Å². The van der Waals surface area contributed by atoms with Crippen LogP contribution in [0.3, 0.4) is 0 Å². The van der Waals surface area contributed by atoms with Gasteiger partial charge in [-0.1, -0.05) is 0 Å². The zero-order chi connectivity index (χ0) is 9.84. The van der Waals surface area contributed by atoms with E-state index in [4.69, 9.17) is 27.0 Å². The van der Waals surface area contributed by atoms with Crippen molar-refractivity contribution in [1.82, 2.24) is 0 Å². The number of anilines is 2. The summed E-state index contributed by atoms with van der Waals surface area (Å²) in [7, 11) is 0. The lowest BCUT2D eigenvalue weighted by molar-refractivity contribution is -0.00801. The van der Waals surface area contributed by atoms with Crippen LogP contribution in [-0.4, -0.2) is 17.9 Å². The highest BCUT2D eigenvalue weighted by Crippen LogP contribution is 2.23. The largest absolute Gasteiger partial charge is 0.462 e. The third-order valence-electron chi connectivity index (χ3n) is 1.50. The van der Waals surface area contributed by atoms with Gasteiger partial charge in [-0.3, -0.25) is 0 Å². The van der Waals surface area contributed by atoms with E-state index in [0.29, 0.717) is 17.1 Å². The minimum Gasteiger partial charge on any atom is -0.462 e. The molecule has 0 radical (unpaired) electrons. The summed E-state index contributed by atoms with van der Waals surface area (Å²) in [4.78, 5) is 0. The van der Waals surface area contributed by atoms with E-state index in [0.717, 1.165) is 0 Å². The maximum Gasteiger partial charge on any atom is 0.209 e. The number of rotatable bonds is 3. The second-order valence-electron chi connectivity index (χ2n) is 2.61. The molecule has 0 heterocycles. The maximum atomic E-state index is 9.07. The number of hydrogen-bond donors (Lipinski definition) is 4. The van der Waals surface area contributed by atoms with E-state index in [2.05, 4.69) is 0 Å². The predicted molar refractivity (Wildman–Crippen MR) is 51.0 cm³/mol. The lowest BCUT2D eigenvalue weighted by Crippen LogP contribution is -2.26. The van der Waals surface area contributed by atoms with Gasteiger partial charge in [-0.15, -0.1) is 0 Å². The third-order valence-corrected chi connectivity index (χ3v) is 1.50. The molecule has 0 saturated heterocycles. The van der Waals surface area contributed by atoms with Gasteiger partial charge in [-0.2, -0.15) is 0 Å². The van der Waals surface area contributed by atoms with E-state index >= 15 is 0 Å². The summed E-state index contributed by atoms with van der Waals surface area (Å²) < 4.78 is 5.00. The molecule has 7 N–H and O–H groups in total. The molecule has 0 amide bonds. The van der Waals surface area contributed by atoms with E-state index in [9.17, 15) is 0 Å². The molecule has 1 unspecified atom stereocenters. The SMILES string of the molecule is NCC(O)Oc1ccc(N)cc1N. The first-order valence-corrected chi connectivity index (χ1v) is 3.83. The van der Waals surface area contributed by atoms with Gasteiger partial charge in [0.05, 0.1) is 12.2 Å². The van der Waals surface area contributed by atoms with E-state index in [1.54, 1.807) is 18.2 Å². The molecule has 13 heavy (non-hydrogen) atoms. The highest BCUT2D eigenvalue weighted by molar-refractivity contribution is 5.60. The van der Waals surface area contributed by atoms with Gasteiger partial charge < -0.3 is 27.0 Å². The van der Waals surface area contributed by atoms with Gasteiger partial charge in [-0.05, 0) is 18.2 Å². The van der Waals surface area contributed by atoms with Crippen LogP contribution in [0.4, 0.5) is 11.4 Å². The molecule has 1 aromatic rings. The van der Waals surface area contributed by atoms with Gasteiger partial charge in [0.25, 0.3) is 0 Å². The van der Waals surface area contributed by atoms with Crippen LogP contribution in [0.5, 0.6) is 5.75 Å². The fraction of sp³-hybridized carbons (Fsp3) is 0.250. The number of nitrogens with two attached hydrogens (primary N) is 3. The van der Waals surface area contributed by atoms with E-state index < -0.39 is 6.29 Å². The van der Waals surface area contributed by atoms with Gasteiger partial charge in [0.2, 0.25) is 6.29 Å². The van der Waals surface area contributed by atoms with Crippen molar-refractivity contribution in [2.75, 3.05) is 18.0 Å². The van der Waals surface area contributed by atoms with Gasteiger partial charge in [0.1, 0.15) is 5.75 Å². The molecular formula is C8H13N3O2. The van der Waals surface area contributed by atoms with Gasteiger partial charge in [0, 0.05) is 5.69 Å². The predicted octanol–water partition coefficient (Wildman–Crippen LogP) is -0.493. The van der Waals surface area contributed by atoms with Crippen LogP contribution in [0.25, 0.3) is 0 Å². The van der Waals surface area contributed by atoms with Crippen molar-refractivity contribution >= 4 is 11.4 Å². The smallest absolute Gasteiger partial charge is 0.209 e. The Kier molecular flexibility index (Phi) is 2.94. The summed E-state index contributed by atoms with van der Waals surface area (Å²) in [6, 6.07) is 4.77. The molecular weight excluding hydrogens is 170 g/mol. The Morgan fingerprint density at radius 2 is 2.08 bits per heavy atom. The summed E-state index contributed by atoms with van der Waals surface area (Å²) in [6.07, 6.45) is -1.04. The summed E-state index contributed by atoms with van der Waals surface area (Å²) >= 11 is 0. The topological polar surface area (TPSA) is 108 Å². The molecule has 0 aliphatic rings. The van der Waals surface area contributed by atoms with Crippen molar-refractivity contribution in [3.63, 3.8) is 0 Å². The first-order valence-electron chi connectivity index (χ1n) is 3.83. The van der Waals surface area contributed by atoms with Crippen LogP contribution < -0.4 is 21.9 Å². The zero-order valence-corrected chi connectivity index (χ0v) is 7.10. The molecule has 1 rings (SSSR count). The molecule has 0 aliphatic heterocycles. The number of benzene rings is 1. The van der Waals surface area contributed by atoms with Crippen LogP contribution in [0.2, 0.25) is 0 Å². The second kappa shape index (κ2) is 3.97. The molecule has 0 saturated carbocycles. The molecule has 0 aromatic heterocycles. The highest BCUT2D eigenvalue weighted by atomic mass is 16.6. The van der Waals surface area contributed by atoms with Gasteiger partial charge in [-0.25, -0.2) is 0 Å². The lowest BCUT2D eigenvalue weighted by Gasteiger charge is -2.13. The zero-order valence-electron chi connectivity index (χ0n) is 7.10. The van der Waals surface area contributed by atoms with E-state index in [1.807, 2.05) is 0 Å². The van der Waals surface area contributed by atoms with Crippen LogP contribution in [0, 0.1) is 0 Å². The maximum absolute atomic E-state index is 9.07. The first-order chi connectivity index (χ1) is 6.13. The Labute approximate surface area is 76.1 Å². The monoisotopic (exact) mass is 183 g/mol. The number of nitrogen functional groups attached to an aromatic ring is 2. The Balaban J connectivity index is 2.77. The average Bonchev–Trinajstić information content (AvgIpc) is 2.09. The molecule has 0 fully saturated rings. The Bertz CT molecular complexity index is 291. The quantitative estimate of drug-likeness (QED) is 0.373. The Hall–Kier alpha value is -1.46. The summed E-state index contributed by atoms with van der Waals surface area (Å²) in [5.74, 6) is 0.382. The van der Waals surface area contributed by atoms with Crippen LogP contribution >= 0.6 is 0 Å². The molecule has 72 valence electrons. The van der Waals surface area contributed by atoms with Crippen molar-refractivity contribution in [2.24, 2.45) is 5.73 Å². The lowest BCUT2D eigenvalue weighted by atomic mass is 10.2. The van der Waals surface area contributed by atoms with Crippen molar-refractivity contribution < 1.29 is 9.84 Å². The summed E-state index contributed by atoms with van der Waals surface area (Å²) in [5.41, 5.74) is 17.1. The molecule has 5 heteroatoms. The van der Waals surface area contributed by atoms with E-state index in [1.165, 1.54) is 0 Å². The minimum absolute atomic E-state index is 0.0177. The molecule has 1 aromatic carbocycles. The minimum atomic E-state index is -1.04. The molecule has 5 nitrogen and oxygen atoms in total. The Morgan fingerprint density at radius 3 is 2.62 bits per heavy atom. The number of hydrogen-bond acceptors (Lipinski definition) is 5. The van der Waals surface area contributed by atoms with Gasteiger partial charge in [0.15, 0.2) is 0 Å². The fourth-order valence-electron chi connectivity index (χ4n) is 0.869. The normalized spacial score (nSPS) is 12.5. The second-order valence-corrected chi connectivity index (χ2v) is 2.61. The summed E-state index contributed by atoms with van der Waals surface area (Å²) in [5, 5.41) is 9.07. The third kappa shape index (κ3) is 2.50. The van der Waals surface area contributed by atoms with Crippen molar-refractivity contribution in [1.29, 1.82) is 0 Å². The first kappa shape index (κ1) is 9.63. The van der Waals surface area contributed by atoms with E-state index in [-0.39, 0.29) is 6.54 Å². The number of ether oxygens (including phenoxy) is 1. The van der Waals surface area contributed by atoms with Crippen molar-refractivity contribution in [2.45, 2.75) is 6.29 Å². The average molecular weight is 183 g/mol. The molecule has 0 bridgehead atoms. The van der Waals surface area contributed by atoms with Crippen LogP contribution in [0.1, 0.15) is 0 Å². The highest BCUT2D eigenvalue weighted by Gasteiger charge is 2.05. The molecule has 0 spiro atoms. The van der Waals surface area contributed by atoms with Crippen molar-refractivity contribution in [3.05, 3.63) is 18.2 Å².